The molecule has 0 saturated carbocycles. The maximum absolute atomic E-state index is 5.19. The van der Waals surface area contributed by atoms with Gasteiger partial charge in [0.05, 0.1) is 5.76 Å². The fourth-order valence-corrected chi connectivity index (χ4v) is 0.889. The highest BCUT2D eigenvalue weighted by atomic mass is 28.2. The van der Waals surface area contributed by atoms with Gasteiger partial charge in [0.15, 0.2) is 0 Å². The third-order valence-corrected chi connectivity index (χ3v) is 2.34. The Bertz CT molecular complexity index is 116. The summed E-state index contributed by atoms with van der Waals surface area (Å²) in [5, 5.41) is 0. The molecule has 0 atom stereocenters. The molecule has 0 bridgehead atoms. The molecule has 0 heterocycles. The highest BCUT2D eigenvalue weighted by molar-refractivity contribution is 5.98. The van der Waals surface area contributed by atoms with E-state index >= 15 is 0 Å². The molecular formula is C7H16OSi. The second-order valence-electron chi connectivity index (χ2n) is 2.60. The van der Waals surface area contributed by atoms with Crippen LogP contribution in [0.25, 0.3) is 0 Å². The van der Waals surface area contributed by atoms with Gasteiger partial charge in [-0.05, 0) is 25.3 Å². The number of hydrogen-bond acceptors (Lipinski definition) is 1. The molecule has 0 aliphatic rings. The Morgan fingerprint density at radius 1 is 1.33 bits per heavy atom. The van der Waals surface area contributed by atoms with Gasteiger partial charge in [0.25, 0.3) is 0 Å². The topological polar surface area (TPSA) is 9.23 Å². The van der Waals surface area contributed by atoms with Gasteiger partial charge in [-0.25, -0.2) is 0 Å². The second-order valence-corrected chi connectivity index (χ2v) is 3.01. The van der Waals surface area contributed by atoms with E-state index in [0.717, 1.165) is 16.2 Å². The predicted octanol–water partition coefficient (Wildman–Crippen LogP) is 1.23. The van der Waals surface area contributed by atoms with Crippen LogP contribution in [0.5, 0.6) is 0 Å². The maximum Gasteiger partial charge on any atom is 0.203 e. The first-order valence-electron chi connectivity index (χ1n) is 3.31. The van der Waals surface area contributed by atoms with E-state index in [4.69, 9.17) is 4.43 Å². The normalized spacial score (nSPS) is 13.9. The van der Waals surface area contributed by atoms with Crippen molar-refractivity contribution >= 4 is 10.5 Å². The van der Waals surface area contributed by atoms with Crippen LogP contribution >= 0.6 is 0 Å². The first-order chi connectivity index (χ1) is 4.09. The van der Waals surface area contributed by atoms with E-state index < -0.39 is 0 Å². The minimum absolute atomic E-state index is 0.624. The van der Waals surface area contributed by atoms with Gasteiger partial charge in [-0.3, -0.25) is 0 Å². The lowest BCUT2D eigenvalue weighted by atomic mass is 10.1. The van der Waals surface area contributed by atoms with Crippen LogP contribution < -0.4 is 0 Å². The largest absolute Gasteiger partial charge is 0.556 e. The summed E-state index contributed by atoms with van der Waals surface area (Å²) in [6, 6.07) is 0. The predicted molar refractivity (Wildman–Crippen MR) is 44.2 cm³/mol. The summed E-state index contributed by atoms with van der Waals surface area (Å²) in [6.07, 6.45) is 0. The number of allylic oxidation sites excluding steroid dienone is 2. The molecule has 54 valence electrons. The van der Waals surface area contributed by atoms with Crippen molar-refractivity contribution in [2.75, 3.05) is 0 Å². The van der Waals surface area contributed by atoms with E-state index in [1.165, 1.54) is 5.57 Å². The zero-order valence-corrected chi connectivity index (χ0v) is 8.99. The van der Waals surface area contributed by atoms with Crippen LogP contribution in [0.4, 0.5) is 0 Å². The molecule has 0 aliphatic heterocycles. The van der Waals surface area contributed by atoms with Crippen molar-refractivity contribution in [2.24, 2.45) is 5.92 Å². The molecule has 0 rings (SSSR count). The average Bonchev–Trinajstić information content (AvgIpc) is 1.84. The van der Waals surface area contributed by atoms with Gasteiger partial charge in [0, 0.05) is 0 Å². The lowest BCUT2D eigenvalue weighted by molar-refractivity contribution is 0.454. The van der Waals surface area contributed by atoms with E-state index in [1.807, 2.05) is 6.92 Å². The highest BCUT2D eigenvalue weighted by Crippen LogP contribution is 2.12. The van der Waals surface area contributed by atoms with Gasteiger partial charge in [-0.2, -0.15) is 0 Å². The summed E-state index contributed by atoms with van der Waals surface area (Å²) >= 11 is 0. The molecule has 0 fully saturated rings. The Morgan fingerprint density at radius 2 is 1.78 bits per heavy atom. The van der Waals surface area contributed by atoms with Gasteiger partial charge in [-0.15, -0.1) is 0 Å². The van der Waals surface area contributed by atoms with Crippen LogP contribution in [-0.4, -0.2) is 10.5 Å². The molecule has 1 nitrogen and oxygen atoms in total. The van der Waals surface area contributed by atoms with Crippen molar-refractivity contribution in [2.45, 2.75) is 27.7 Å². The minimum Gasteiger partial charge on any atom is -0.556 e. The third kappa shape index (κ3) is 2.70. The Hall–Kier alpha value is -0.243. The fraction of sp³-hybridized carbons (Fsp3) is 0.714. The molecule has 2 heteroatoms. The lowest BCUT2D eigenvalue weighted by Crippen LogP contribution is -1.95. The summed E-state index contributed by atoms with van der Waals surface area (Å²) < 4.78 is 5.19. The molecular weight excluding hydrogens is 128 g/mol. The van der Waals surface area contributed by atoms with Crippen molar-refractivity contribution in [3.05, 3.63) is 11.3 Å². The molecule has 0 aromatic heterocycles. The quantitative estimate of drug-likeness (QED) is 0.418. The maximum atomic E-state index is 5.19. The Morgan fingerprint density at radius 3 is 1.89 bits per heavy atom. The van der Waals surface area contributed by atoms with E-state index in [9.17, 15) is 0 Å². The van der Waals surface area contributed by atoms with Crippen molar-refractivity contribution in [1.29, 1.82) is 0 Å². The summed E-state index contributed by atoms with van der Waals surface area (Å²) in [6.45, 7) is 8.51. The SMILES string of the molecule is CC(O[SiH3])=C(C)C(C)C. The van der Waals surface area contributed by atoms with E-state index in [0.29, 0.717) is 5.92 Å². The average molecular weight is 144 g/mol. The molecule has 0 aromatic carbocycles. The smallest absolute Gasteiger partial charge is 0.203 e. The zero-order chi connectivity index (χ0) is 7.44. The fourth-order valence-electron chi connectivity index (χ4n) is 0.568. The minimum atomic E-state index is 0.624. The van der Waals surface area contributed by atoms with Gasteiger partial charge in [0.1, 0.15) is 0 Å². The summed E-state index contributed by atoms with van der Waals surface area (Å²) in [5.41, 5.74) is 1.37. The molecule has 0 amide bonds. The van der Waals surface area contributed by atoms with Crippen LogP contribution in [0.3, 0.4) is 0 Å². The lowest BCUT2D eigenvalue weighted by Gasteiger charge is -2.09. The Kier molecular flexibility index (Phi) is 3.62. The van der Waals surface area contributed by atoms with Crippen LogP contribution in [0.15, 0.2) is 11.3 Å². The molecule has 0 unspecified atom stereocenters. The molecule has 0 N–H and O–H groups in total. The Balaban J connectivity index is 4.10. The molecule has 0 saturated heterocycles. The Labute approximate surface area is 60.6 Å². The van der Waals surface area contributed by atoms with E-state index in [-0.39, 0.29) is 0 Å². The monoisotopic (exact) mass is 144 g/mol. The molecule has 0 spiro atoms. The molecule has 0 radical (unpaired) electrons. The van der Waals surface area contributed by atoms with Gasteiger partial charge < -0.3 is 4.43 Å². The van der Waals surface area contributed by atoms with E-state index in [1.54, 1.807) is 0 Å². The highest BCUT2D eigenvalue weighted by Gasteiger charge is 1.99. The number of hydrogen-bond donors (Lipinski definition) is 0. The van der Waals surface area contributed by atoms with E-state index in [2.05, 4.69) is 20.8 Å². The third-order valence-electron chi connectivity index (χ3n) is 1.73. The second kappa shape index (κ2) is 3.72. The summed E-state index contributed by atoms with van der Waals surface area (Å²) in [5.74, 6) is 1.73. The number of rotatable bonds is 2. The van der Waals surface area contributed by atoms with Gasteiger partial charge in [0.2, 0.25) is 10.5 Å². The van der Waals surface area contributed by atoms with Crippen LogP contribution in [0.2, 0.25) is 0 Å². The van der Waals surface area contributed by atoms with Crippen molar-refractivity contribution < 1.29 is 4.43 Å². The molecule has 0 aromatic rings. The van der Waals surface area contributed by atoms with Crippen molar-refractivity contribution in [3.63, 3.8) is 0 Å². The molecule has 9 heavy (non-hydrogen) atoms. The van der Waals surface area contributed by atoms with Crippen molar-refractivity contribution in [1.82, 2.24) is 0 Å². The van der Waals surface area contributed by atoms with Crippen molar-refractivity contribution in [3.8, 4) is 0 Å². The van der Waals surface area contributed by atoms with Crippen LogP contribution in [-0.2, 0) is 4.43 Å². The first kappa shape index (κ1) is 8.76. The van der Waals surface area contributed by atoms with Gasteiger partial charge in [-0.1, -0.05) is 13.8 Å². The van der Waals surface area contributed by atoms with Crippen LogP contribution in [0, 0.1) is 5.92 Å². The zero-order valence-electron chi connectivity index (χ0n) is 6.99. The van der Waals surface area contributed by atoms with Crippen LogP contribution in [0.1, 0.15) is 27.7 Å². The summed E-state index contributed by atoms with van der Waals surface area (Å²) in [4.78, 5) is 0. The summed E-state index contributed by atoms with van der Waals surface area (Å²) in [7, 11) is 0.809. The molecule has 0 aliphatic carbocycles. The first-order valence-corrected chi connectivity index (χ1v) is 4.12. The standard InChI is InChI=1S/C7H16OSi/c1-5(2)6(3)7(4)8-9/h5H,1-4,9H3. The van der Waals surface area contributed by atoms with Gasteiger partial charge >= 0.3 is 0 Å².